The van der Waals surface area contributed by atoms with Gasteiger partial charge in [-0.25, -0.2) is 0 Å². The second-order valence-electron chi connectivity index (χ2n) is 4.08. The third-order valence-corrected chi connectivity index (χ3v) is 3.86. The molecule has 0 spiro atoms. The van der Waals surface area contributed by atoms with Gasteiger partial charge in [0.25, 0.3) is 0 Å². The molecular formula is C13H14Cl2N2S. The molecule has 0 saturated heterocycles. The van der Waals surface area contributed by atoms with Gasteiger partial charge in [-0.3, -0.25) is 0 Å². The molecule has 0 radical (unpaired) electrons. The van der Waals surface area contributed by atoms with Crippen molar-refractivity contribution in [2.45, 2.75) is 26.3 Å². The van der Waals surface area contributed by atoms with Crippen LogP contribution in [0.3, 0.4) is 0 Å². The molecular weight excluding hydrogens is 287 g/mol. The summed E-state index contributed by atoms with van der Waals surface area (Å²) in [4.78, 5) is 3.07. The van der Waals surface area contributed by atoms with Crippen LogP contribution < -0.4 is 0 Å². The fraction of sp³-hybridized carbons (Fsp3) is 0.308. The highest BCUT2D eigenvalue weighted by atomic mass is 35.5. The van der Waals surface area contributed by atoms with Crippen LogP contribution in [0, 0.1) is 4.77 Å². The number of H-pyrrole nitrogens is 1. The minimum Gasteiger partial charge on any atom is -0.337 e. The number of benzene rings is 1. The predicted octanol–water partition coefficient (Wildman–Crippen LogP) is 4.66. The van der Waals surface area contributed by atoms with E-state index in [1.54, 1.807) is 6.07 Å². The molecule has 96 valence electrons. The first-order chi connectivity index (χ1) is 8.61. The lowest BCUT2D eigenvalue weighted by Gasteiger charge is -2.08. The zero-order valence-corrected chi connectivity index (χ0v) is 12.4. The second-order valence-corrected chi connectivity index (χ2v) is 5.31. The molecule has 18 heavy (non-hydrogen) atoms. The maximum absolute atomic E-state index is 6.16. The minimum atomic E-state index is 0.663. The zero-order chi connectivity index (χ0) is 13.1. The molecule has 0 aliphatic rings. The summed E-state index contributed by atoms with van der Waals surface area (Å²) < 4.78 is 2.87. The number of rotatable bonds is 4. The Labute approximate surface area is 122 Å². The van der Waals surface area contributed by atoms with Gasteiger partial charge in [-0.1, -0.05) is 36.2 Å². The first-order valence-electron chi connectivity index (χ1n) is 5.83. The Morgan fingerprint density at radius 3 is 2.78 bits per heavy atom. The highest BCUT2D eigenvalue weighted by Crippen LogP contribution is 2.22. The Hall–Kier alpha value is -0.770. The Kier molecular flexibility index (Phi) is 4.49. The zero-order valence-electron chi connectivity index (χ0n) is 10.0. The van der Waals surface area contributed by atoms with Crippen molar-refractivity contribution in [3.63, 3.8) is 0 Å². The number of hydrogen-bond acceptors (Lipinski definition) is 1. The Morgan fingerprint density at radius 1 is 1.33 bits per heavy atom. The van der Waals surface area contributed by atoms with E-state index in [4.69, 9.17) is 35.4 Å². The van der Waals surface area contributed by atoms with Crippen molar-refractivity contribution in [1.82, 2.24) is 9.55 Å². The van der Waals surface area contributed by atoms with Crippen LogP contribution in [0.1, 0.15) is 18.2 Å². The number of aromatic nitrogens is 2. The van der Waals surface area contributed by atoms with E-state index in [1.165, 1.54) is 5.69 Å². The topological polar surface area (TPSA) is 20.7 Å². The van der Waals surface area contributed by atoms with E-state index in [9.17, 15) is 0 Å². The number of aryl methyl sites for hydroxylation is 2. The molecule has 1 aromatic carbocycles. The van der Waals surface area contributed by atoms with E-state index in [0.29, 0.717) is 10.0 Å². The summed E-state index contributed by atoms with van der Waals surface area (Å²) in [5.41, 5.74) is 2.30. The Bertz CT molecular complexity index is 601. The third kappa shape index (κ3) is 2.97. The van der Waals surface area contributed by atoms with Gasteiger partial charge in [0.15, 0.2) is 4.77 Å². The number of halogens is 2. The maximum Gasteiger partial charge on any atom is 0.177 e. The predicted molar refractivity (Wildman–Crippen MR) is 79.2 cm³/mol. The van der Waals surface area contributed by atoms with Crippen molar-refractivity contribution in [3.05, 3.63) is 50.5 Å². The molecule has 0 aliphatic heterocycles. The van der Waals surface area contributed by atoms with Crippen molar-refractivity contribution in [2.75, 3.05) is 0 Å². The van der Waals surface area contributed by atoms with Crippen LogP contribution in [0.5, 0.6) is 0 Å². The van der Waals surface area contributed by atoms with Gasteiger partial charge in [-0.15, -0.1) is 0 Å². The van der Waals surface area contributed by atoms with E-state index in [-0.39, 0.29) is 0 Å². The fourth-order valence-electron chi connectivity index (χ4n) is 1.93. The standard InChI is InChI=1S/C13H14Cl2N2S/c1-2-11-8-16-13(18)17(11)6-5-9-3-4-10(14)7-12(9)15/h3-4,7-8H,2,5-6H2,1H3,(H,16,18). The molecule has 2 aromatic rings. The third-order valence-electron chi connectivity index (χ3n) is 2.94. The highest BCUT2D eigenvalue weighted by Gasteiger charge is 2.05. The van der Waals surface area contributed by atoms with Crippen molar-refractivity contribution in [2.24, 2.45) is 0 Å². The summed E-state index contributed by atoms with van der Waals surface area (Å²) in [6.45, 7) is 2.94. The molecule has 1 heterocycles. The van der Waals surface area contributed by atoms with E-state index in [1.807, 2.05) is 18.3 Å². The average Bonchev–Trinajstić information content (AvgIpc) is 2.69. The van der Waals surface area contributed by atoms with Crippen molar-refractivity contribution < 1.29 is 0 Å². The molecule has 1 aromatic heterocycles. The van der Waals surface area contributed by atoms with Crippen molar-refractivity contribution in [3.8, 4) is 0 Å². The summed E-state index contributed by atoms with van der Waals surface area (Å²) in [5, 5.41) is 1.37. The number of aromatic amines is 1. The fourth-order valence-corrected chi connectivity index (χ4v) is 2.70. The van der Waals surface area contributed by atoms with E-state index in [2.05, 4.69) is 16.5 Å². The van der Waals surface area contributed by atoms with Crippen molar-refractivity contribution in [1.29, 1.82) is 0 Å². The van der Waals surface area contributed by atoms with Gasteiger partial charge < -0.3 is 9.55 Å². The van der Waals surface area contributed by atoms with Gasteiger partial charge in [0.2, 0.25) is 0 Å². The highest BCUT2D eigenvalue weighted by molar-refractivity contribution is 7.71. The second kappa shape index (κ2) is 5.91. The number of nitrogens with one attached hydrogen (secondary N) is 1. The van der Waals surface area contributed by atoms with Crippen LogP contribution >= 0.6 is 35.4 Å². The first-order valence-corrected chi connectivity index (χ1v) is 6.99. The quantitative estimate of drug-likeness (QED) is 0.815. The largest absolute Gasteiger partial charge is 0.337 e. The molecule has 0 saturated carbocycles. The first kappa shape index (κ1) is 13.7. The summed E-state index contributed by atoms with van der Waals surface area (Å²) in [6, 6.07) is 5.60. The molecule has 5 heteroatoms. The Morgan fingerprint density at radius 2 is 2.11 bits per heavy atom. The van der Waals surface area contributed by atoms with E-state index < -0.39 is 0 Å². The molecule has 0 unspecified atom stereocenters. The molecule has 0 amide bonds. The minimum absolute atomic E-state index is 0.663. The summed E-state index contributed by atoms with van der Waals surface area (Å²) in [5.74, 6) is 0. The SMILES string of the molecule is CCc1c[nH]c(=S)n1CCc1ccc(Cl)cc1Cl. The lowest BCUT2D eigenvalue weighted by atomic mass is 10.1. The summed E-state index contributed by atoms with van der Waals surface area (Å²) >= 11 is 17.3. The Balaban J connectivity index is 2.16. The van der Waals surface area contributed by atoms with Crippen LogP contribution in [0.2, 0.25) is 10.0 Å². The number of nitrogens with zero attached hydrogens (tertiary/aromatic N) is 1. The molecule has 0 bridgehead atoms. The normalized spacial score (nSPS) is 10.8. The maximum atomic E-state index is 6.16. The van der Waals surface area contributed by atoms with E-state index in [0.717, 1.165) is 29.7 Å². The number of hydrogen-bond donors (Lipinski definition) is 1. The van der Waals surface area contributed by atoms with E-state index >= 15 is 0 Å². The van der Waals surface area contributed by atoms with Gasteiger partial charge >= 0.3 is 0 Å². The van der Waals surface area contributed by atoms with Crippen molar-refractivity contribution >= 4 is 35.4 Å². The van der Waals surface area contributed by atoms with Gasteiger partial charge in [-0.05, 0) is 42.8 Å². The van der Waals surface area contributed by atoms with Gasteiger partial charge in [0, 0.05) is 28.5 Å². The average molecular weight is 301 g/mol. The molecule has 0 atom stereocenters. The van der Waals surface area contributed by atoms with Crippen LogP contribution in [-0.4, -0.2) is 9.55 Å². The smallest absolute Gasteiger partial charge is 0.177 e. The van der Waals surface area contributed by atoms with Crippen LogP contribution in [0.4, 0.5) is 0 Å². The summed E-state index contributed by atoms with van der Waals surface area (Å²) in [6.07, 6.45) is 3.77. The van der Waals surface area contributed by atoms with Crippen LogP contribution in [-0.2, 0) is 19.4 Å². The molecule has 0 aliphatic carbocycles. The molecule has 0 fully saturated rings. The van der Waals surface area contributed by atoms with Gasteiger partial charge in [0.05, 0.1) is 0 Å². The lowest BCUT2D eigenvalue weighted by Crippen LogP contribution is -2.05. The lowest BCUT2D eigenvalue weighted by molar-refractivity contribution is 0.656. The van der Waals surface area contributed by atoms with Gasteiger partial charge in [0.1, 0.15) is 0 Å². The monoisotopic (exact) mass is 300 g/mol. The molecule has 2 rings (SSSR count). The number of imidazole rings is 1. The van der Waals surface area contributed by atoms with Crippen LogP contribution in [0.15, 0.2) is 24.4 Å². The van der Waals surface area contributed by atoms with Gasteiger partial charge in [-0.2, -0.15) is 0 Å². The molecule has 2 nitrogen and oxygen atoms in total. The summed E-state index contributed by atoms with van der Waals surface area (Å²) in [7, 11) is 0. The molecule has 1 N–H and O–H groups in total. The van der Waals surface area contributed by atoms with Crippen LogP contribution in [0.25, 0.3) is 0 Å².